The molecule has 0 radical (unpaired) electrons. The number of nitrogens with one attached hydrogen (secondary N) is 1. The van der Waals surface area contributed by atoms with E-state index >= 15 is 0 Å². The van der Waals surface area contributed by atoms with Gasteiger partial charge < -0.3 is 24.3 Å². The molecule has 2 aromatic rings. The predicted molar refractivity (Wildman–Crippen MR) is 110 cm³/mol. The number of amides is 1. The molecule has 0 aliphatic rings. The van der Waals surface area contributed by atoms with Gasteiger partial charge in [0.15, 0.2) is 18.1 Å². The molecule has 0 aliphatic carbocycles. The molecule has 7 nitrogen and oxygen atoms in total. The highest BCUT2D eigenvalue weighted by molar-refractivity contribution is 5.95. The first-order valence-electron chi connectivity index (χ1n) is 9.66. The summed E-state index contributed by atoms with van der Waals surface area (Å²) in [5.74, 6) is 0.700. The maximum absolute atomic E-state index is 12.3. The number of ether oxygens (including phenoxy) is 4. The first kappa shape index (κ1) is 22.1. The highest BCUT2D eigenvalue weighted by atomic mass is 16.5. The summed E-state index contributed by atoms with van der Waals surface area (Å²) >= 11 is 0. The van der Waals surface area contributed by atoms with Gasteiger partial charge in [-0.25, -0.2) is 4.79 Å². The average molecular weight is 401 g/mol. The van der Waals surface area contributed by atoms with Gasteiger partial charge in [-0.3, -0.25) is 4.79 Å². The third-order valence-electron chi connectivity index (χ3n) is 3.72. The summed E-state index contributed by atoms with van der Waals surface area (Å²) in [4.78, 5) is 24.3. The van der Waals surface area contributed by atoms with Crippen LogP contribution in [-0.4, -0.2) is 38.3 Å². The third kappa shape index (κ3) is 7.03. The Kier molecular flexibility index (Phi) is 8.82. The Morgan fingerprint density at radius 1 is 0.862 bits per heavy atom. The van der Waals surface area contributed by atoms with Crippen LogP contribution in [0, 0.1) is 0 Å². The molecule has 2 rings (SSSR count). The Bertz CT molecular complexity index is 803. The van der Waals surface area contributed by atoms with Gasteiger partial charge in [-0.15, -0.1) is 0 Å². The van der Waals surface area contributed by atoms with E-state index in [2.05, 4.69) is 5.32 Å². The maximum Gasteiger partial charge on any atom is 0.338 e. The quantitative estimate of drug-likeness (QED) is 0.572. The molecule has 0 aromatic heterocycles. The minimum Gasteiger partial charge on any atom is -0.494 e. The van der Waals surface area contributed by atoms with E-state index in [0.29, 0.717) is 42.8 Å². The van der Waals surface area contributed by atoms with Crippen molar-refractivity contribution in [3.63, 3.8) is 0 Å². The molecule has 0 saturated carbocycles. The van der Waals surface area contributed by atoms with E-state index < -0.39 is 18.5 Å². The topological polar surface area (TPSA) is 83.1 Å². The highest BCUT2D eigenvalue weighted by Crippen LogP contribution is 2.29. The molecule has 0 saturated heterocycles. The molecule has 1 amide bonds. The molecule has 29 heavy (non-hydrogen) atoms. The third-order valence-corrected chi connectivity index (χ3v) is 3.72. The summed E-state index contributed by atoms with van der Waals surface area (Å²) in [5, 5.41) is 2.67. The van der Waals surface area contributed by atoms with E-state index in [9.17, 15) is 9.59 Å². The summed E-state index contributed by atoms with van der Waals surface area (Å²) in [6, 6.07) is 11.7. The molecule has 0 spiro atoms. The van der Waals surface area contributed by atoms with Gasteiger partial charge in [0, 0.05) is 5.69 Å². The van der Waals surface area contributed by atoms with Gasteiger partial charge in [-0.2, -0.15) is 0 Å². The number of anilines is 1. The zero-order chi connectivity index (χ0) is 21.1. The molecule has 0 aliphatic heterocycles. The first-order chi connectivity index (χ1) is 14.1. The number of benzene rings is 2. The lowest BCUT2D eigenvalue weighted by molar-refractivity contribution is -0.119. The van der Waals surface area contributed by atoms with Crippen molar-refractivity contribution in [2.75, 3.05) is 31.7 Å². The lowest BCUT2D eigenvalue weighted by Gasteiger charge is -2.13. The van der Waals surface area contributed by atoms with Crippen molar-refractivity contribution in [1.29, 1.82) is 0 Å². The highest BCUT2D eigenvalue weighted by Gasteiger charge is 2.14. The molecule has 1 N–H and O–H groups in total. The van der Waals surface area contributed by atoms with Gasteiger partial charge in [0.25, 0.3) is 5.91 Å². The van der Waals surface area contributed by atoms with Crippen molar-refractivity contribution in [3.8, 4) is 17.2 Å². The van der Waals surface area contributed by atoms with Crippen LogP contribution in [0.3, 0.4) is 0 Å². The van der Waals surface area contributed by atoms with E-state index in [1.165, 1.54) is 0 Å². The summed E-state index contributed by atoms with van der Waals surface area (Å²) in [5.41, 5.74) is 0.872. The monoisotopic (exact) mass is 401 g/mol. The Balaban J connectivity index is 1.91. The number of esters is 1. The fraction of sp³-hybridized carbons (Fsp3) is 0.364. The van der Waals surface area contributed by atoms with Crippen molar-refractivity contribution in [1.82, 2.24) is 0 Å². The maximum atomic E-state index is 12.3. The molecule has 0 fully saturated rings. The van der Waals surface area contributed by atoms with Crippen LogP contribution >= 0.6 is 0 Å². The van der Waals surface area contributed by atoms with Gasteiger partial charge in [0.1, 0.15) is 5.75 Å². The SMILES string of the molecule is CCCOc1ccc(C(=O)OCC(=O)Nc2ccc(OCC)cc2)cc1OCC. The van der Waals surface area contributed by atoms with Crippen molar-refractivity contribution in [3.05, 3.63) is 48.0 Å². The minimum absolute atomic E-state index is 0.283. The average Bonchev–Trinajstić information content (AvgIpc) is 2.73. The molecule has 0 bridgehead atoms. The van der Waals surface area contributed by atoms with Crippen molar-refractivity contribution in [2.45, 2.75) is 27.2 Å². The molecular weight excluding hydrogens is 374 g/mol. The van der Waals surface area contributed by atoms with E-state index in [0.717, 1.165) is 6.42 Å². The summed E-state index contributed by atoms with van der Waals surface area (Å²) in [7, 11) is 0. The van der Waals surface area contributed by atoms with Crippen molar-refractivity contribution >= 4 is 17.6 Å². The zero-order valence-corrected chi connectivity index (χ0v) is 17.0. The van der Waals surface area contributed by atoms with Crippen LogP contribution in [0.25, 0.3) is 0 Å². The second-order valence-electron chi connectivity index (χ2n) is 6.02. The second-order valence-corrected chi connectivity index (χ2v) is 6.02. The number of carbonyl (C=O) groups is 2. The fourth-order valence-electron chi connectivity index (χ4n) is 2.45. The van der Waals surface area contributed by atoms with Crippen molar-refractivity contribution < 1.29 is 28.5 Å². The lowest BCUT2D eigenvalue weighted by Crippen LogP contribution is -2.21. The normalized spacial score (nSPS) is 10.2. The van der Waals surface area contributed by atoms with Crippen LogP contribution in [-0.2, 0) is 9.53 Å². The Morgan fingerprint density at radius 3 is 2.24 bits per heavy atom. The minimum atomic E-state index is -0.616. The molecule has 156 valence electrons. The van der Waals surface area contributed by atoms with Crippen LogP contribution in [0.15, 0.2) is 42.5 Å². The van der Waals surface area contributed by atoms with E-state index in [4.69, 9.17) is 18.9 Å². The first-order valence-corrected chi connectivity index (χ1v) is 9.66. The lowest BCUT2D eigenvalue weighted by atomic mass is 10.2. The zero-order valence-electron chi connectivity index (χ0n) is 17.0. The van der Waals surface area contributed by atoms with Gasteiger partial charge in [-0.05, 0) is 62.7 Å². The van der Waals surface area contributed by atoms with Crippen LogP contribution in [0.4, 0.5) is 5.69 Å². The molecule has 0 heterocycles. The van der Waals surface area contributed by atoms with Crippen LogP contribution in [0.5, 0.6) is 17.2 Å². The molecule has 0 unspecified atom stereocenters. The predicted octanol–water partition coefficient (Wildman–Crippen LogP) is 4.07. The van der Waals surface area contributed by atoms with Crippen LogP contribution in [0.1, 0.15) is 37.6 Å². The van der Waals surface area contributed by atoms with Gasteiger partial charge in [-0.1, -0.05) is 6.92 Å². The number of hydrogen-bond acceptors (Lipinski definition) is 6. The Labute approximate surface area is 170 Å². The summed E-state index contributed by atoms with van der Waals surface area (Å²) < 4.78 is 21.6. The van der Waals surface area contributed by atoms with Gasteiger partial charge in [0.05, 0.1) is 25.4 Å². The molecule has 2 aromatic carbocycles. The Morgan fingerprint density at radius 2 is 1.59 bits per heavy atom. The number of rotatable bonds is 11. The fourth-order valence-corrected chi connectivity index (χ4v) is 2.45. The second kappa shape index (κ2) is 11.6. The number of carbonyl (C=O) groups excluding carboxylic acids is 2. The van der Waals surface area contributed by atoms with Crippen LogP contribution < -0.4 is 19.5 Å². The standard InChI is InChI=1S/C22H27NO6/c1-4-13-28-19-12-7-16(14-20(19)27-6-3)22(25)29-15-21(24)23-17-8-10-18(11-9-17)26-5-2/h7-12,14H,4-6,13,15H2,1-3H3,(H,23,24). The summed E-state index contributed by atoms with van der Waals surface area (Å²) in [6.07, 6.45) is 0.860. The summed E-state index contributed by atoms with van der Waals surface area (Å²) in [6.45, 7) is 6.90. The van der Waals surface area contributed by atoms with Gasteiger partial charge >= 0.3 is 5.97 Å². The molecule has 7 heteroatoms. The largest absolute Gasteiger partial charge is 0.494 e. The van der Waals surface area contributed by atoms with Gasteiger partial charge in [0.2, 0.25) is 0 Å². The van der Waals surface area contributed by atoms with E-state index in [-0.39, 0.29) is 5.56 Å². The molecule has 0 atom stereocenters. The van der Waals surface area contributed by atoms with Crippen molar-refractivity contribution in [2.24, 2.45) is 0 Å². The van der Waals surface area contributed by atoms with E-state index in [1.54, 1.807) is 42.5 Å². The smallest absolute Gasteiger partial charge is 0.338 e. The van der Waals surface area contributed by atoms with Crippen LogP contribution in [0.2, 0.25) is 0 Å². The number of hydrogen-bond donors (Lipinski definition) is 1. The van der Waals surface area contributed by atoms with E-state index in [1.807, 2.05) is 20.8 Å². The Hall–Kier alpha value is -3.22. The molecular formula is C22H27NO6.